The number of amides is 3. The minimum atomic E-state index is -4.76. The van der Waals surface area contributed by atoms with Crippen LogP contribution < -0.4 is 5.32 Å². The van der Waals surface area contributed by atoms with Crippen molar-refractivity contribution in [1.29, 1.82) is 0 Å². The predicted molar refractivity (Wildman–Crippen MR) is 125 cm³/mol. The van der Waals surface area contributed by atoms with E-state index in [0.29, 0.717) is 12.8 Å². The van der Waals surface area contributed by atoms with Gasteiger partial charge in [0.15, 0.2) is 6.04 Å². The number of alkyl halides is 3. The number of nitrogens with zero attached hydrogens (tertiary/aromatic N) is 2. The normalized spacial score (nSPS) is 21.5. The van der Waals surface area contributed by atoms with Gasteiger partial charge in [-0.2, -0.15) is 13.2 Å². The number of piperazine rings is 1. The molecule has 194 valence electrons. The number of carbonyl (C=O) groups is 3. The number of benzene rings is 1. The van der Waals surface area contributed by atoms with E-state index in [2.05, 4.69) is 5.32 Å². The number of carbonyl (C=O) groups excluding carboxylic acids is 3. The Labute approximate surface area is 207 Å². The van der Waals surface area contributed by atoms with E-state index in [-0.39, 0.29) is 24.0 Å². The Balaban J connectivity index is 1.76. The number of hydrogen-bond acceptors (Lipinski definition) is 4. The van der Waals surface area contributed by atoms with E-state index in [1.165, 1.54) is 19.0 Å². The zero-order valence-electron chi connectivity index (χ0n) is 20.6. The molecule has 10 heteroatoms. The summed E-state index contributed by atoms with van der Waals surface area (Å²) in [5.41, 5.74) is 2.17. The quantitative estimate of drug-likeness (QED) is 0.651. The second-order valence-corrected chi connectivity index (χ2v) is 10.1. The SMILES string of the molecule is CC(C)C[C@@H]1C(=O)N[C@H](C2Cc3ccccc3C2)C(=O)N1[C@@H](C(=O)N(C)C)c1ccc(C(F)(F)F)o1. The summed E-state index contributed by atoms with van der Waals surface area (Å²) in [6.45, 7) is 3.74. The fraction of sp³-hybridized carbons (Fsp3) is 0.500. The van der Waals surface area contributed by atoms with Gasteiger partial charge >= 0.3 is 6.18 Å². The van der Waals surface area contributed by atoms with E-state index in [4.69, 9.17) is 4.42 Å². The number of likely N-dealkylation sites (N-methyl/N-ethyl adjacent to an activating group) is 1. The molecule has 0 unspecified atom stereocenters. The summed E-state index contributed by atoms with van der Waals surface area (Å²) in [4.78, 5) is 43.1. The Morgan fingerprint density at radius 2 is 1.72 bits per heavy atom. The lowest BCUT2D eigenvalue weighted by Gasteiger charge is -2.44. The molecule has 1 aliphatic carbocycles. The van der Waals surface area contributed by atoms with Crippen LogP contribution in [0.15, 0.2) is 40.8 Å². The Bertz CT molecular complexity index is 1130. The van der Waals surface area contributed by atoms with E-state index in [9.17, 15) is 27.6 Å². The summed E-state index contributed by atoms with van der Waals surface area (Å²) in [5, 5.41) is 2.87. The first-order chi connectivity index (χ1) is 16.9. The average Bonchev–Trinajstić information content (AvgIpc) is 3.45. The van der Waals surface area contributed by atoms with Crippen LogP contribution in [0.2, 0.25) is 0 Å². The highest BCUT2D eigenvalue weighted by Gasteiger charge is 2.51. The molecule has 0 saturated carbocycles. The largest absolute Gasteiger partial charge is 0.454 e. The first-order valence-electron chi connectivity index (χ1n) is 12.0. The van der Waals surface area contributed by atoms with Crippen molar-refractivity contribution in [3.05, 3.63) is 59.0 Å². The van der Waals surface area contributed by atoms with Crippen LogP contribution in [0.25, 0.3) is 0 Å². The monoisotopic (exact) mass is 505 g/mol. The van der Waals surface area contributed by atoms with Crippen molar-refractivity contribution in [3.63, 3.8) is 0 Å². The van der Waals surface area contributed by atoms with E-state index in [1.807, 2.05) is 38.1 Å². The van der Waals surface area contributed by atoms with Gasteiger partial charge in [0.05, 0.1) is 0 Å². The summed E-state index contributed by atoms with van der Waals surface area (Å²) in [6.07, 6.45) is -3.39. The summed E-state index contributed by atoms with van der Waals surface area (Å²) >= 11 is 0. The summed E-state index contributed by atoms with van der Waals surface area (Å²) < 4.78 is 45.0. The molecule has 0 radical (unpaired) electrons. The Kier molecular flexibility index (Phi) is 6.90. The lowest BCUT2D eigenvalue weighted by molar-refractivity contribution is -0.162. The Morgan fingerprint density at radius 3 is 2.22 bits per heavy atom. The summed E-state index contributed by atoms with van der Waals surface area (Å²) in [5.74, 6) is -3.44. The summed E-state index contributed by atoms with van der Waals surface area (Å²) in [7, 11) is 2.89. The van der Waals surface area contributed by atoms with Gasteiger partial charge in [-0.15, -0.1) is 0 Å². The van der Waals surface area contributed by atoms with Crippen molar-refractivity contribution in [2.75, 3.05) is 14.1 Å². The molecule has 1 N–H and O–H groups in total. The highest BCUT2D eigenvalue weighted by atomic mass is 19.4. The maximum Gasteiger partial charge on any atom is 0.449 e. The molecule has 7 nitrogen and oxygen atoms in total. The third-order valence-corrected chi connectivity index (χ3v) is 6.83. The Morgan fingerprint density at radius 1 is 1.11 bits per heavy atom. The van der Waals surface area contributed by atoms with Crippen molar-refractivity contribution in [1.82, 2.24) is 15.1 Å². The average molecular weight is 506 g/mol. The fourth-order valence-electron chi connectivity index (χ4n) is 5.15. The van der Waals surface area contributed by atoms with Crippen LogP contribution in [-0.4, -0.2) is 53.7 Å². The molecule has 1 aromatic carbocycles. The molecule has 4 rings (SSSR count). The number of hydrogen-bond donors (Lipinski definition) is 1. The van der Waals surface area contributed by atoms with Crippen molar-refractivity contribution in [2.45, 2.75) is 57.4 Å². The smallest absolute Gasteiger partial charge is 0.449 e. The number of furan rings is 1. The van der Waals surface area contributed by atoms with Crippen molar-refractivity contribution in [3.8, 4) is 0 Å². The van der Waals surface area contributed by atoms with Gasteiger partial charge in [0.25, 0.3) is 5.91 Å². The third-order valence-electron chi connectivity index (χ3n) is 6.83. The zero-order valence-corrected chi connectivity index (χ0v) is 20.6. The minimum absolute atomic E-state index is 0.0271. The highest BCUT2D eigenvalue weighted by Crippen LogP contribution is 2.38. The first-order valence-corrected chi connectivity index (χ1v) is 12.0. The minimum Gasteiger partial charge on any atom is -0.454 e. The molecule has 0 spiro atoms. The molecule has 3 atom stereocenters. The molecule has 2 heterocycles. The number of fused-ring (bicyclic) bond motifs is 1. The number of halogens is 3. The number of rotatable bonds is 6. The molecular weight excluding hydrogens is 475 g/mol. The van der Waals surface area contributed by atoms with Crippen molar-refractivity contribution >= 4 is 17.7 Å². The lowest BCUT2D eigenvalue weighted by atomic mass is 9.88. The van der Waals surface area contributed by atoms with Crippen molar-refractivity contribution in [2.24, 2.45) is 11.8 Å². The van der Waals surface area contributed by atoms with Crippen LogP contribution in [0.4, 0.5) is 13.2 Å². The van der Waals surface area contributed by atoms with Crippen LogP contribution >= 0.6 is 0 Å². The zero-order chi connectivity index (χ0) is 26.4. The maximum atomic E-state index is 14.0. The van der Waals surface area contributed by atoms with Gasteiger partial charge in [0.1, 0.15) is 17.8 Å². The lowest BCUT2D eigenvalue weighted by Crippen LogP contribution is -2.67. The van der Waals surface area contributed by atoms with E-state index in [0.717, 1.165) is 28.2 Å². The van der Waals surface area contributed by atoms with Crippen LogP contribution in [0.5, 0.6) is 0 Å². The van der Waals surface area contributed by atoms with Gasteiger partial charge in [-0.1, -0.05) is 38.1 Å². The van der Waals surface area contributed by atoms with E-state index >= 15 is 0 Å². The van der Waals surface area contributed by atoms with Gasteiger partial charge < -0.3 is 19.5 Å². The molecule has 1 aliphatic heterocycles. The molecule has 2 aromatic rings. The standard InChI is InChI=1S/C26H30F3N3O4/c1-14(2)11-18-23(33)30-21(17-12-15-7-5-6-8-16(15)13-17)24(34)32(18)22(25(35)31(3)4)19-9-10-20(36-19)26(27,28)29/h5-10,14,17-18,21-22H,11-13H2,1-4H3,(H,30,33)/t18-,21-,22-/m1/s1. The molecule has 1 saturated heterocycles. The first kappa shape index (κ1) is 25.8. The van der Waals surface area contributed by atoms with Crippen LogP contribution in [0, 0.1) is 11.8 Å². The topological polar surface area (TPSA) is 82.9 Å². The molecule has 3 amide bonds. The highest BCUT2D eigenvalue weighted by molar-refractivity contribution is 6.00. The molecule has 1 fully saturated rings. The van der Waals surface area contributed by atoms with E-state index < -0.39 is 47.8 Å². The van der Waals surface area contributed by atoms with Gasteiger partial charge in [-0.3, -0.25) is 14.4 Å². The van der Waals surface area contributed by atoms with Gasteiger partial charge in [0.2, 0.25) is 17.6 Å². The maximum absolute atomic E-state index is 14.0. The van der Waals surface area contributed by atoms with Gasteiger partial charge in [-0.05, 0) is 54.4 Å². The molecule has 2 aliphatic rings. The second kappa shape index (κ2) is 9.63. The van der Waals surface area contributed by atoms with E-state index in [1.54, 1.807) is 0 Å². The molecule has 0 bridgehead atoms. The third kappa shape index (κ3) is 4.85. The molecular formula is C26H30F3N3O4. The fourth-order valence-corrected chi connectivity index (χ4v) is 5.15. The number of nitrogens with one attached hydrogen (secondary N) is 1. The predicted octanol–water partition coefficient (Wildman–Crippen LogP) is 3.58. The van der Waals surface area contributed by atoms with Crippen LogP contribution in [0.1, 0.15) is 49.0 Å². The summed E-state index contributed by atoms with van der Waals surface area (Å²) in [6, 6.07) is 6.11. The van der Waals surface area contributed by atoms with Crippen LogP contribution in [-0.2, 0) is 33.4 Å². The molecule has 1 aromatic heterocycles. The van der Waals surface area contributed by atoms with Crippen molar-refractivity contribution < 1.29 is 32.0 Å². The van der Waals surface area contributed by atoms with Crippen LogP contribution in [0.3, 0.4) is 0 Å². The second-order valence-electron chi connectivity index (χ2n) is 10.1. The van der Waals surface area contributed by atoms with Gasteiger partial charge in [-0.25, -0.2) is 0 Å². The molecule has 36 heavy (non-hydrogen) atoms. The van der Waals surface area contributed by atoms with Gasteiger partial charge in [0, 0.05) is 14.1 Å². The Hall–Kier alpha value is -3.30.